The van der Waals surface area contributed by atoms with E-state index in [0.717, 1.165) is 31.1 Å². The predicted octanol–water partition coefficient (Wildman–Crippen LogP) is 0.0248. The van der Waals surface area contributed by atoms with Gasteiger partial charge in [0, 0.05) is 26.7 Å². The molecule has 98 valence electrons. The van der Waals surface area contributed by atoms with Crippen LogP contribution in [-0.4, -0.2) is 49.2 Å². The van der Waals surface area contributed by atoms with Crippen LogP contribution < -0.4 is 10.2 Å². The number of morpholine rings is 1. The van der Waals surface area contributed by atoms with Crippen LogP contribution in [0, 0.1) is 18.3 Å². The van der Waals surface area contributed by atoms with Crippen molar-refractivity contribution in [2.45, 2.75) is 13.0 Å². The van der Waals surface area contributed by atoms with Gasteiger partial charge in [0.25, 0.3) is 0 Å². The van der Waals surface area contributed by atoms with E-state index in [9.17, 15) is 5.26 Å². The molecule has 0 radical (unpaired) electrons. The van der Waals surface area contributed by atoms with Crippen LogP contribution in [0.25, 0.3) is 0 Å². The molecular formula is C12H19N5O. The fourth-order valence-corrected chi connectivity index (χ4v) is 2.40. The van der Waals surface area contributed by atoms with Crippen molar-refractivity contribution in [3.05, 3.63) is 11.3 Å². The SMILES string of the molecule is CNCC1CN(c2c(C#N)c(C)nn2C)CCO1. The zero-order valence-corrected chi connectivity index (χ0v) is 11.1. The summed E-state index contributed by atoms with van der Waals surface area (Å²) in [6, 6.07) is 2.25. The highest BCUT2D eigenvalue weighted by Gasteiger charge is 2.25. The van der Waals surface area contributed by atoms with Gasteiger partial charge in [-0.3, -0.25) is 4.68 Å². The Balaban J connectivity index is 2.23. The van der Waals surface area contributed by atoms with Gasteiger partial charge in [-0.1, -0.05) is 0 Å². The van der Waals surface area contributed by atoms with Crippen molar-refractivity contribution in [1.29, 1.82) is 5.26 Å². The van der Waals surface area contributed by atoms with Crippen molar-refractivity contribution < 1.29 is 4.74 Å². The Hall–Kier alpha value is -1.58. The van der Waals surface area contributed by atoms with Gasteiger partial charge in [0.1, 0.15) is 17.5 Å². The molecule has 2 rings (SSSR count). The minimum absolute atomic E-state index is 0.158. The monoisotopic (exact) mass is 249 g/mol. The lowest BCUT2D eigenvalue weighted by Gasteiger charge is -2.34. The molecule has 1 aromatic rings. The molecule has 0 aromatic carbocycles. The first-order chi connectivity index (χ1) is 8.67. The van der Waals surface area contributed by atoms with Crippen LogP contribution in [0.3, 0.4) is 0 Å². The van der Waals surface area contributed by atoms with Crippen LogP contribution in [0.15, 0.2) is 0 Å². The fourth-order valence-electron chi connectivity index (χ4n) is 2.40. The summed E-state index contributed by atoms with van der Waals surface area (Å²) in [7, 11) is 3.79. The number of aromatic nitrogens is 2. The molecule has 0 spiro atoms. The van der Waals surface area contributed by atoms with Gasteiger partial charge in [-0.15, -0.1) is 0 Å². The molecule has 6 nitrogen and oxygen atoms in total. The van der Waals surface area contributed by atoms with Gasteiger partial charge in [0.2, 0.25) is 0 Å². The number of aryl methyl sites for hydroxylation is 2. The van der Waals surface area contributed by atoms with Gasteiger partial charge >= 0.3 is 0 Å². The van der Waals surface area contributed by atoms with Crippen molar-refractivity contribution in [3.8, 4) is 6.07 Å². The molecule has 1 saturated heterocycles. The Kier molecular flexibility index (Phi) is 3.84. The Morgan fingerprint density at radius 3 is 3.06 bits per heavy atom. The number of rotatable bonds is 3. The maximum Gasteiger partial charge on any atom is 0.145 e. The van der Waals surface area contributed by atoms with Gasteiger partial charge in [-0.25, -0.2) is 0 Å². The zero-order valence-electron chi connectivity index (χ0n) is 11.1. The zero-order chi connectivity index (χ0) is 13.1. The molecule has 0 saturated carbocycles. The van der Waals surface area contributed by atoms with E-state index >= 15 is 0 Å². The van der Waals surface area contributed by atoms with Crippen molar-refractivity contribution in [1.82, 2.24) is 15.1 Å². The summed E-state index contributed by atoms with van der Waals surface area (Å²) < 4.78 is 7.46. The second kappa shape index (κ2) is 5.38. The number of hydrogen-bond donors (Lipinski definition) is 1. The normalized spacial score (nSPS) is 19.9. The van der Waals surface area contributed by atoms with Gasteiger partial charge in [0.05, 0.1) is 18.4 Å². The summed E-state index contributed by atoms with van der Waals surface area (Å²) in [5, 5.41) is 16.7. The Bertz CT molecular complexity index is 460. The first-order valence-electron chi connectivity index (χ1n) is 6.12. The average Bonchev–Trinajstić information content (AvgIpc) is 2.64. The van der Waals surface area contributed by atoms with Crippen molar-refractivity contribution in [2.75, 3.05) is 38.2 Å². The smallest absolute Gasteiger partial charge is 0.145 e. The molecule has 1 aliphatic heterocycles. The maximum atomic E-state index is 9.24. The topological polar surface area (TPSA) is 66.1 Å². The summed E-state index contributed by atoms with van der Waals surface area (Å²) >= 11 is 0. The molecule has 1 N–H and O–H groups in total. The van der Waals surface area contributed by atoms with Gasteiger partial charge < -0.3 is 15.0 Å². The minimum atomic E-state index is 0.158. The molecule has 1 aromatic heterocycles. The third-order valence-electron chi connectivity index (χ3n) is 3.17. The second-order valence-corrected chi connectivity index (χ2v) is 4.52. The first kappa shape index (κ1) is 12.9. The lowest BCUT2D eigenvalue weighted by atomic mass is 10.2. The second-order valence-electron chi connectivity index (χ2n) is 4.52. The quantitative estimate of drug-likeness (QED) is 0.818. The van der Waals surface area contributed by atoms with E-state index in [4.69, 9.17) is 4.74 Å². The number of anilines is 1. The first-order valence-corrected chi connectivity index (χ1v) is 6.12. The minimum Gasteiger partial charge on any atom is -0.373 e. The Morgan fingerprint density at radius 2 is 2.39 bits per heavy atom. The molecule has 1 unspecified atom stereocenters. The highest BCUT2D eigenvalue weighted by molar-refractivity contribution is 5.57. The van der Waals surface area contributed by atoms with Gasteiger partial charge in [0.15, 0.2) is 0 Å². The van der Waals surface area contributed by atoms with Crippen LogP contribution in [0.1, 0.15) is 11.3 Å². The van der Waals surface area contributed by atoms with E-state index in [2.05, 4.69) is 21.4 Å². The number of likely N-dealkylation sites (N-methyl/N-ethyl adjacent to an activating group) is 1. The Morgan fingerprint density at radius 1 is 1.61 bits per heavy atom. The van der Waals surface area contributed by atoms with E-state index in [0.29, 0.717) is 12.2 Å². The molecule has 6 heteroatoms. The molecule has 0 aliphatic carbocycles. The summed E-state index contributed by atoms with van der Waals surface area (Å²) in [6.45, 7) is 4.95. The van der Waals surface area contributed by atoms with Crippen molar-refractivity contribution >= 4 is 5.82 Å². The predicted molar refractivity (Wildman–Crippen MR) is 68.5 cm³/mol. The third kappa shape index (κ3) is 2.33. The molecule has 1 atom stereocenters. The van der Waals surface area contributed by atoms with Gasteiger partial charge in [-0.05, 0) is 14.0 Å². The van der Waals surface area contributed by atoms with Crippen molar-refractivity contribution in [3.63, 3.8) is 0 Å². The number of nitrogens with zero attached hydrogens (tertiary/aromatic N) is 4. The molecule has 1 aliphatic rings. The summed E-state index contributed by atoms with van der Waals surface area (Å²) in [5.41, 5.74) is 1.45. The maximum absolute atomic E-state index is 9.24. The van der Waals surface area contributed by atoms with Crippen LogP contribution in [-0.2, 0) is 11.8 Å². The van der Waals surface area contributed by atoms with Crippen LogP contribution in [0.2, 0.25) is 0 Å². The molecule has 0 bridgehead atoms. The van der Waals surface area contributed by atoms with Crippen LogP contribution in [0.4, 0.5) is 5.82 Å². The van der Waals surface area contributed by atoms with Crippen LogP contribution in [0.5, 0.6) is 0 Å². The van der Waals surface area contributed by atoms with Crippen LogP contribution >= 0.6 is 0 Å². The number of nitrogens with one attached hydrogen (secondary N) is 1. The third-order valence-corrected chi connectivity index (χ3v) is 3.17. The molecule has 0 amide bonds. The van der Waals surface area contributed by atoms with E-state index in [1.807, 2.05) is 21.0 Å². The largest absolute Gasteiger partial charge is 0.373 e. The van der Waals surface area contributed by atoms with Crippen molar-refractivity contribution in [2.24, 2.45) is 7.05 Å². The fraction of sp³-hybridized carbons (Fsp3) is 0.667. The lowest BCUT2D eigenvalue weighted by molar-refractivity contribution is 0.0416. The molecule has 2 heterocycles. The Labute approximate surface area is 107 Å². The average molecular weight is 249 g/mol. The van der Waals surface area contributed by atoms with E-state index in [-0.39, 0.29) is 6.10 Å². The molecule has 18 heavy (non-hydrogen) atoms. The number of ether oxygens (including phenoxy) is 1. The van der Waals surface area contributed by atoms with Gasteiger partial charge in [-0.2, -0.15) is 10.4 Å². The lowest BCUT2D eigenvalue weighted by Crippen LogP contribution is -2.47. The van der Waals surface area contributed by atoms with E-state index < -0.39 is 0 Å². The summed E-state index contributed by atoms with van der Waals surface area (Å²) in [5.74, 6) is 0.902. The van der Waals surface area contributed by atoms with E-state index in [1.54, 1.807) is 4.68 Å². The molecular weight excluding hydrogens is 230 g/mol. The molecule has 1 fully saturated rings. The number of nitriles is 1. The van der Waals surface area contributed by atoms with E-state index in [1.165, 1.54) is 0 Å². The highest BCUT2D eigenvalue weighted by atomic mass is 16.5. The highest BCUT2D eigenvalue weighted by Crippen LogP contribution is 2.24. The summed E-state index contributed by atoms with van der Waals surface area (Å²) in [4.78, 5) is 2.18. The summed E-state index contributed by atoms with van der Waals surface area (Å²) in [6.07, 6.45) is 0.158. The standard InChI is InChI=1S/C12H19N5O/c1-9-11(6-13)12(16(3)15-9)17-4-5-18-10(8-17)7-14-2/h10,14H,4-5,7-8H2,1-3H3. The number of hydrogen-bond acceptors (Lipinski definition) is 5.